The predicted molar refractivity (Wildman–Crippen MR) is 81.2 cm³/mol. The molecule has 2 aromatic rings. The van der Waals surface area contributed by atoms with Crippen LogP contribution in [0, 0.1) is 5.82 Å². The fourth-order valence-electron chi connectivity index (χ4n) is 2.59. The van der Waals surface area contributed by atoms with Gasteiger partial charge in [-0.2, -0.15) is 18.2 Å². The normalized spacial score (nSPS) is 17.3. The van der Waals surface area contributed by atoms with Crippen LogP contribution in [0.5, 0.6) is 0 Å². The van der Waals surface area contributed by atoms with Crippen LogP contribution in [0.1, 0.15) is 24.3 Å². The molecule has 146 valence electrons. The highest BCUT2D eigenvalue weighted by Gasteiger charge is 2.38. The third-order valence-electron chi connectivity index (χ3n) is 3.97. The van der Waals surface area contributed by atoms with E-state index in [-0.39, 0.29) is 17.7 Å². The van der Waals surface area contributed by atoms with E-state index in [4.69, 9.17) is 9.57 Å². The average Bonchev–Trinajstić information content (AvgIpc) is 3.31. The topological polar surface area (TPSA) is 77.7 Å². The number of ether oxygens (including phenoxy) is 1. The number of amides is 1. The van der Waals surface area contributed by atoms with Crippen molar-refractivity contribution in [2.75, 3.05) is 13.7 Å². The van der Waals surface area contributed by atoms with Gasteiger partial charge in [0.15, 0.2) is 0 Å². The summed E-state index contributed by atoms with van der Waals surface area (Å²) in [5.74, 6) is -3.10. The van der Waals surface area contributed by atoms with Gasteiger partial charge in [0.2, 0.25) is 5.82 Å². The predicted octanol–water partition coefficient (Wildman–Crippen LogP) is 2.96. The van der Waals surface area contributed by atoms with Gasteiger partial charge in [-0.15, -0.1) is 0 Å². The largest absolute Gasteiger partial charge is 0.471 e. The molecule has 7 nitrogen and oxygen atoms in total. The molecule has 1 saturated heterocycles. The minimum atomic E-state index is -4.79. The van der Waals surface area contributed by atoms with Crippen LogP contribution in [0.3, 0.4) is 0 Å². The Morgan fingerprint density at radius 3 is 2.74 bits per heavy atom. The number of hydrogen-bond donors (Lipinski definition) is 0. The molecule has 0 radical (unpaired) electrons. The summed E-state index contributed by atoms with van der Waals surface area (Å²) in [5.41, 5.74) is 0.108. The van der Waals surface area contributed by atoms with Crippen molar-refractivity contribution >= 4 is 5.91 Å². The second-order valence-corrected chi connectivity index (χ2v) is 5.79. The van der Waals surface area contributed by atoms with Gasteiger partial charge >= 0.3 is 12.1 Å². The van der Waals surface area contributed by atoms with E-state index in [1.165, 1.54) is 19.2 Å². The summed E-state index contributed by atoms with van der Waals surface area (Å²) < 4.78 is 61.3. The zero-order valence-corrected chi connectivity index (χ0v) is 14.1. The summed E-state index contributed by atoms with van der Waals surface area (Å²) in [7, 11) is 1.27. The number of hydrogen-bond acceptors (Lipinski definition) is 6. The molecule has 1 aromatic heterocycles. The van der Waals surface area contributed by atoms with Crippen LogP contribution in [0.25, 0.3) is 11.4 Å². The van der Waals surface area contributed by atoms with E-state index < -0.39 is 35.7 Å². The molecule has 11 heteroatoms. The Morgan fingerprint density at radius 2 is 2.19 bits per heavy atom. The molecule has 2 heterocycles. The number of aromatic nitrogens is 2. The van der Waals surface area contributed by atoms with Gasteiger partial charge in [-0.1, -0.05) is 17.3 Å². The number of benzene rings is 1. The van der Waals surface area contributed by atoms with Crippen molar-refractivity contribution < 1.29 is 36.5 Å². The molecule has 1 atom stereocenters. The Balaban J connectivity index is 1.76. The molecule has 3 rings (SSSR count). The van der Waals surface area contributed by atoms with Crippen molar-refractivity contribution in [2.45, 2.75) is 31.7 Å². The quantitative estimate of drug-likeness (QED) is 0.578. The van der Waals surface area contributed by atoms with Crippen LogP contribution in [-0.4, -0.2) is 40.9 Å². The fourth-order valence-corrected chi connectivity index (χ4v) is 2.59. The maximum Gasteiger partial charge on any atom is 0.471 e. The molecule has 0 aliphatic carbocycles. The molecule has 1 aromatic carbocycles. The van der Waals surface area contributed by atoms with Crippen LogP contribution in [-0.2, 0) is 27.1 Å². The third kappa shape index (κ3) is 4.25. The summed E-state index contributed by atoms with van der Waals surface area (Å²) in [5, 5.41) is 4.18. The van der Waals surface area contributed by atoms with Gasteiger partial charge < -0.3 is 9.26 Å². The van der Waals surface area contributed by atoms with Crippen LogP contribution in [0.2, 0.25) is 0 Å². The van der Waals surface area contributed by atoms with Crippen molar-refractivity contribution in [1.82, 2.24) is 15.2 Å². The molecule has 1 aliphatic heterocycles. The Morgan fingerprint density at radius 1 is 1.41 bits per heavy atom. The van der Waals surface area contributed by atoms with Crippen LogP contribution in [0.15, 0.2) is 22.7 Å². The molecule has 0 spiro atoms. The van der Waals surface area contributed by atoms with E-state index in [1.807, 2.05) is 0 Å². The lowest BCUT2D eigenvalue weighted by atomic mass is 10.1. The van der Waals surface area contributed by atoms with Crippen molar-refractivity contribution in [3.63, 3.8) is 0 Å². The SMILES string of the molecule is CON(Cc1ccc(-c2noc(C(F)(F)F)n2)cc1F)C(=O)C1CCCO1. The second kappa shape index (κ2) is 7.61. The van der Waals surface area contributed by atoms with Gasteiger partial charge in [0.05, 0.1) is 13.7 Å². The molecule has 1 amide bonds. The van der Waals surface area contributed by atoms with Crippen molar-refractivity contribution in [3.8, 4) is 11.4 Å². The Hall–Kier alpha value is -2.53. The smallest absolute Gasteiger partial charge is 0.368 e. The summed E-state index contributed by atoms with van der Waals surface area (Å²) in [6.07, 6.45) is -4.11. The first-order chi connectivity index (χ1) is 12.8. The number of nitrogens with zero attached hydrogens (tertiary/aromatic N) is 3. The van der Waals surface area contributed by atoms with Gasteiger partial charge in [-0.05, 0) is 18.9 Å². The molecule has 27 heavy (non-hydrogen) atoms. The minimum absolute atomic E-state index is 0.00456. The molecule has 1 fully saturated rings. The maximum atomic E-state index is 14.4. The lowest BCUT2D eigenvalue weighted by Gasteiger charge is -2.22. The number of carbonyl (C=O) groups excluding carboxylic acids is 1. The van der Waals surface area contributed by atoms with Gasteiger partial charge in [0.25, 0.3) is 5.91 Å². The van der Waals surface area contributed by atoms with Crippen LogP contribution in [0.4, 0.5) is 17.6 Å². The van der Waals surface area contributed by atoms with E-state index in [1.54, 1.807) is 0 Å². The van der Waals surface area contributed by atoms with E-state index in [2.05, 4.69) is 14.7 Å². The first kappa shape index (κ1) is 19.2. The number of alkyl halides is 3. The zero-order chi connectivity index (χ0) is 19.6. The van der Waals surface area contributed by atoms with Gasteiger partial charge in [-0.25, -0.2) is 9.45 Å². The number of carbonyl (C=O) groups is 1. The minimum Gasteiger partial charge on any atom is -0.368 e. The highest BCUT2D eigenvalue weighted by Crippen LogP contribution is 2.30. The number of hydroxylamine groups is 2. The average molecular weight is 389 g/mol. The molecular weight excluding hydrogens is 374 g/mol. The van der Waals surface area contributed by atoms with Gasteiger partial charge in [0.1, 0.15) is 11.9 Å². The van der Waals surface area contributed by atoms with E-state index >= 15 is 0 Å². The van der Waals surface area contributed by atoms with Gasteiger partial charge in [-0.3, -0.25) is 9.63 Å². The summed E-state index contributed by atoms with van der Waals surface area (Å²) in [4.78, 5) is 20.5. The monoisotopic (exact) mass is 389 g/mol. The third-order valence-corrected chi connectivity index (χ3v) is 3.97. The highest BCUT2D eigenvalue weighted by molar-refractivity contribution is 5.80. The van der Waals surface area contributed by atoms with Crippen molar-refractivity contribution in [2.24, 2.45) is 0 Å². The Kier molecular flexibility index (Phi) is 5.42. The number of halogens is 4. The Bertz CT molecular complexity index is 818. The van der Waals surface area contributed by atoms with Crippen molar-refractivity contribution in [1.29, 1.82) is 0 Å². The molecule has 0 bridgehead atoms. The maximum absolute atomic E-state index is 14.4. The molecule has 1 aliphatic rings. The van der Waals surface area contributed by atoms with E-state index in [0.29, 0.717) is 13.0 Å². The lowest BCUT2D eigenvalue weighted by Crippen LogP contribution is -2.37. The molecule has 1 unspecified atom stereocenters. The van der Waals surface area contributed by atoms with Crippen LogP contribution < -0.4 is 0 Å². The first-order valence-corrected chi connectivity index (χ1v) is 7.96. The highest BCUT2D eigenvalue weighted by atomic mass is 19.4. The van der Waals surface area contributed by atoms with Gasteiger partial charge in [0, 0.05) is 17.7 Å². The summed E-state index contributed by atoms with van der Waals surface area (Å²) >= 11 is 0. The van der Waals surface area contributed by atoms with E-state index in [9.17, 15) is 22.4 Å². The lowest BCUT2D eigenvalue weighted by molar-refractivity contribution is -0.188. The van der Waals surface area contributed by atoms with E-state index in [0.717, 1.165) is 17.6 Å². The zero-order valence-electron chi connectivity index (χ0n) is 14.1. The second-order valence-electron chi connectivity index (χ2n) is 5.79. The fraction of sp³-hybridized carbons (Fsp3) is 0.438. The summed E-state index contributed by atoms with van der Waals surface area (Å²) in [6, 6.07) is 3.60. The Labute approximate surface area is 150 Å². The standard InChI is InChI=1S/C16H15F4N3O4/c1-25-23(14(24)12-3-2-6-26-12)8-10-5-4-9(7-11(10)17)13-21-15(27-22-13)16(18,19)20/h4-5,7,12H,2-3,6,8H2,1H3. The number of rotatable bonds is 5. The molecule has 0 saturated carbocycles. The summed E-state index contributed by atoms with van der Waals surface area (Å²) in [6.45, 7) is 0.281. The van der Waals surface area contributed by atoms with Crippen molar-refractivity contribution in [3.05, 3.63) is 35.5 Å². The molecular formula is C16H15F4N3O4. The molecule has 0 N–H and O–H groups in total. The van der Waals surface area contributed by atoms with Crippen LogP contribution >= 0.6 is 0 Å². The first-order valence-electron chi connectivity index (χ1n) is 7.96.